The number of ether oxygens (including phenoxy) is 3. The largest absolute Gasteiger partial charge is 0.480 e. The average molecular weight is 306 g/mol. The molecule has 0 bridgehead atoms. The molecule has 0 rings (SSSR count). The highest BCUT2D eigenvalue weighted by Crippen LogP contribution is 1.96. The molecule has 124 valence electrons. The number of urea groups is 1. The first-order valence-corrected chi connectivity index (χ1v) is 7.03. The van der Waals surface area contributed by atoms with Gasteiger partial charge >= 0.3 is 12.0 Å². The Morgan fingerprint density at radius 1 is 1.10 bits per heavy atom. The smallest absolute Gasteiger partial charge is 0.326 e. The van der Waals surface area contributed by atoms with Gasteiger partial charge in [0.05, 0.1) is 33.0 Å². The predicted octanol–water partition coefficient (Wildman–Crippen LogP) is 0.219. The Morgan fingerprint density at radius 3 is 2.29 bits per heavy atom. The van der Waals surface area contributed by atoms with E-state index < -0.39 is 18.0 Å². The number of aliphatic carboxylic acids is 1. The van der Waals surface area contributed by atoms with E-state index in [1.807, 2.05) is 6.92 Å². The van der Waals surface area contributed by atoms with Crippen molar-refractivity contribution in [1.29, 1.82) is 0 Å². The van der Waals surface area contributed by atoms with Crippen LogP contribution in [-0.2, 0) is 19.0 Å². The van der Waals surface area contributed by atoms with Gasteiger partial charge in [-0.05, 0) is 6.42 Å². The van der Waals surface area contributed by atoms with Crippen LogP contribution in [0.25, 0.3) is 0 Å². The van der Waals surface area contributed by atoms with Crippen LogP contribution in [-0.4, -0.2) is 69.8 Å². The van der Waals surface area contributed by atoms with Crippen LogP contribution in [0.2, 0.25) is 0 Å². The molecule has 0 saturated heterocycles. The van der Waals surface area contributed by atoms with E-state index in [1.54, 1.807) is 7.11 Å². The Hall–Kier alpha value is -1.38. The zero-order valence-electron chi connectivity index (χ0n) is 12.7. The van der Waals surface area contributed by atoms with Crippen LogP contribution in [0.15, 0.2) is 0 Å². The van der Waals surface area contributed by atoms with E-state index in [2.05, 4.69) is 10.6 Å². The van der Waals surface area contributed by atoms with Crippen LogP contribution in [0.3, 0.4) is 0 Å². The predicted molar refractivity (Wildman–Crippen MR) is 76.4 cm³/mol. The summed E-state index contributed by atoms with van der Waals surface area (Å²) < 4.78 is 15.2. The maximum atomic E-state index is 11.5. The third-order valence-electron chi connectivity index (χ3n) is 2.52. The molecule has 0 aromatic carbocycles. The van der Waals surface area contributed by atoms with Gasteiger partial charge in [0.1, 0.15) is 6.04 Å². The van der Waals surface area contributed by atoms with E-state index in [1.165, 1.54) is 0 Å². The Labute approximate surface area is 125 Å². The quantitative estimate of drug-likeness (QED) is 0.420. The lowest BCUT2D eigenvalue weighted by Gasteiger charge is -2.14. The molecule has 0 radical (unpaired) electrons. The number of carboxylic acids is 1. The molecule has 0 heterocycles. The lowest BCUT2D eigenvalue weighted by Crippen LogP contribution is -2.46. The highest BCUT2D eigenvalue weighted by molar-refractivity contribution is 5.82. The van der Waals surface area contributed by atoms with Crippen LogP contribution >= 0.6 is 0 Å². The van der Waals surface area contributed by atoms with E-state index in [-0.39, 0.29) is 0 Å². The van der Waals surface area contributed by atoms with Gasteiger partial charge in [-0.2, -0.15) is 0 Å². The summed E-state index contributed by atoms with van der Waals surface area (Å²) in [6.07, 6.45) is 1.08. The molecular weight excluding hydrogens is 280 g/mol. The van der Waals surface area contributed by atoms with E-state index in [4.69, 9.17) is 19.3 Å². The number of hydrogen-bond donors (Lipinski definition) is 3. The fraction of sp³-hybridized carbons (Fsp3) is 0.846. The SMILES string of the molecule is CCCC(NC(=O)NCCOCCOCCOC)C(=O)O. The molecular formula is C13H26N2O6. The molecule has 1 unspecified atom stereocenters. The molecule has 0 aliphatic carbocycles. The summed E-state index contributed by atoms with van der Waals surface area (Å²) in [7, 11) is 1.60. The second kappa shape index (κ2) is 13.6. The summed E-state index contributed by atoms with van der Waals surface area (Å²) in [5, 5.41) is 13.8. The van der Waals surface area contributed by atoms with Gasteiger partial charge in [-0.3, -0.25) is 0 Å². The van der Waals surface area contributed by atoms with Crippen molar-refractivity contribution in [2.75, 3.05) is 46.7 Å². The highest BCUT2D eigenvalue weighted by atomic mass is 16.5. The monoisotopic (exact) mass is 306 g/mol. The summed E-state index contributed by atoms with van der Waals surface area (Å²) in [6.45, 7) is 4.47. The highest BCUT2D eigenvalue weighted by Gasteiger charge is 2.18. The lowest BCUT2D eigenvalue weighted by atomic mass is 10.2. The van der Waals surface area contributed by atoms with Crippen LogP contribution in [0.1, 0.15) is 19.8 Å². The van der Waals surface area contributed by atoms with Gasteiger partial charge in [0.2, 0.25) is 0 Å². The van der Waals surface area contributed by atoms with Crippen LogP contribution in [0.5, 0.6) is 0 Å². The number of carboxylic acid groups (broad SMARTS) is 1. The van der Waals surface area contributed by atoms with E-state index in [9.17, 15) is 9.59 Å². The molecule has 8 heteroatoms. The topological polar surface area (TPSA) is 106 Å². The van der Waals surface area contributed by atoms with Gasteiger partial charge < -0.3 is 30.0 Å². The van der Waals surface area contributed by atoms with Crippen molar-refractivity contribution in [3.63, 3.8) is 0 Å². The summed E-state index contributed by atoms with van der Waals surface area (Å²) in [4.78, 5) is 22.3. The molecule has 0 aliphatic heterocycles. The number of carbonyl (C=O) groups is 2. The maximum Gasteiger partial charge on any atom is 0.326 e. The third kappa shape index (κ3) is 12.1. The van der Waals surface area contributed by atoms with Crippen molar-refractivity contribution in [2.45, 2.75) is 25.8 Å². The minimum atomic E-state index is -1.03. The van der Waals surface area contributed by atoms with Crippen molar-refractivity contribution in [3.05, 3.63) is 0 Å². The van der Waals surface area contributed by atoms with Gasteiger partial charge in [0, 0.05) is 13.7 Å². The number of methoxy groups -OCH3 is 1. The standard InChI is InChI=1S/C13H26N2O6/c1-3-4-11(12(16)17)15-13(18)14-5-6-20-9-10-21-8-7-19-2/h11H,3-10H2,1-2H3,(H,16,17)(H2,14,15,18). The number of amides is 2. The van der Waals surface area contributed by atoms with Crippen LogP contribution < -0.4 is 10.6 Å². The molecule has 0 aromatic heterocycles. The molecule has 21 heavy (non-hydrogen) atoms. The molecule has 8 nitrogen and oxygen atoms in total. The summed E-state index contributed by atoms with van der Waals surface area (Å²) in [5.41, 5.74) is 0. The number of rotatable bonds is 13. The fourth-order valence-electron chi connectivity index (χ4n) is 1.46. The number of hydrogen-bond acceptors (Lipinski definition) is 5. The molecule has 2 amide bonds. The molecule has 3 N–H and O–H groups in total. The minimum absolute atomic E-state index is 0.308. The van der Waals surface area contributed by atoms with Crippen molar-refractivity contribution in [2.24, 2.45) is 0 Å². The summed E-state index contributed by atoms with van der Waals surface area (Å²) in [6, 6.07) is -1.36. The average Bonchev–Trinajstić information content (AvgIpc) is 2.45. The Kier molecular flexibility index (Phi) is 12.7. The number of nitrogens with one attached hydrogen (secondary N) is 2. The van der Waals surface area contributed by atoms with E-state index in [0.29, 0.717) is 52.4 Å². The van der Waals surface area contributed by atoms with Crippen molar-refractivity contribution in [1.82, 2.24) is 10.6 Å². The van der Waals surface area contributed by atoms with E-state index in [0.717, 1.165) is 0 Å². The third-order valence-corrected chi connectivity index (χ3v) is 2.52. The Bertz CT molecular complexity index is 288. The molecule has 0 spiro atoms. The summed E-state index contributed by atoms with van der Waals surface area (Å²) >= 11 is 0. The lowest BCUT2D eigenvalue weighted by molar-refractivity contribution is -0.139. The second-order valence-corrected chi connectivity index (χ2v) is 4.30. The zero-order valence-corrected chi connectivity index (χ0v) is 12.7. The molecule has 1 atom stereocenters. The van der Waals surface area contributed by atoms with Crippen molar-refractivity contribution >= 4 is 12.0 Å². The normalized spacial score (nSPS) is 11.9. The zero-order chi connectivity index (χ0) is 15.9. The van der Waals surface area contributed by atoms with Gasteiger partial charge in [0.15, 0.2) is 0 Å². The Balaban J connectivity index is 3.50. The fourth-order valence-corrected chi connectivity index (χ4v) is 1.46. The first-order valence-electron chi connectivity index (χ1n) is 7.03. The van der Waals surface area contributed by atoms with Gasteiger partial charge in [-0.1, -0.05) is 13.3 Å². The van der Waals surface area contributed by atoms with Gasteiger partial charge in [-0.25, -0.2) is 9.59 Å². The van der Waals surface area contributed by atoms with Crippen molar-refractivity contribution in [3.8, 4) is 0 Å². The first kappa shape index (κ1) is 19.6. The molecule has 0 aromatic rings. The van der Waals surface area contributed by atoms with Crippen LogP contribution in [0.4, 0.5) is 4.79 Å². The maximum absolute atomic E-state index is 11.5. The second-order valence-electron chi connectivity index (χ2n) is 4.30. The Morgan fingerprint density at radius 2 is 1.71 bits per heavy atom. The molecule has 0 saturated carbocycles. The first-order chi connectivity index (χ1) is 10.1. The van der Waals surface area contributed by atoms with E-state index >= 15 is 0 Å². The van der Waals surface area contributed by atoms with Crippen molar-refractivity contribution < 1.29 is 28.9 Å². The van der Waals surface area contributed by atoms with Gasteiger partial charge in [-0.15, -0.1) is 0 Å². The number of carbonyl (C=O) groups excluding carboxylic acids is 1. The summed E-state index contributed by atoms with van der Waals surface area (Å²) in [5.74, 6) is -1.03. The van der Waals surface area contributed by atoms with Crippen LogP contribution in [0, 0.1) is 0 Å². The molecule has 0 aliphatic rings. The van der Waals surface area contributed by atoms with Gasteiger partial charge in [0.25, 0.3) is 0 Å². The molecule has 0 fully saturated rings. The minimum Gasteiger partial charge on any atom is -0.480 e.